The van der Waals surface area contributed by atoms with Gasteiger partial charge in [-0.25, -0.2) is 4.79 Å². The van der Waals surface area contributed by atoms with Crippen LogP contribution in [0.1, 0.15) is 22.8 Å². The molecule has 0 atom stereocenters. The lowest BCUT2D eigenvalue weighted by Crippen LogP contribution is -2.19. The van der Waals surface area contributed by atoms with Gasteiger partial charge in [-0.15, -0.1) is 0 Å². The van der Waals surface area contributed by atoms with Crippen LogP contribution in [0.5, 0.6) is 0 Å². The first-order chi connectivity index (χ1) is 14.2. The van der Waals surface area contributed by atoms with E-state index in [1.165, 1.54) is 0 Å². The Balaban J connectivity index is 1.60. The zero-order chi connectivity index (χ0) is 20.5. The molecule has 0 unspecified atom stereocenters. The van der Waals surface area contributed by atoms with Crippen molar-refractivity contribution >= 4 is 29.0 Å². The third-order valence-corrected chi connectivity index (χ3v) is 4.16. The van der Waals surface area contributed by atoms with Crippen LogP contribution in [0.25, 0.3) is 0 Å². The van der Waals surface area contributed by atoms with Gasteiger partial charge in [0.15, 0.2) is 0 Å². The van der Waals surface area contributed by atoms with Crippen molar-refractivity contribution in [1.29, 1.82) is 0 Å². The number of ether oxygens (including phenoxy) is 1. The SMILES string of the molecule is CCOCc1ccccc1NC(=O)c1ccc(NC(=O)Nc2ccccc2)cc1. The van der Waals surface area contributed by atoms with Gasteiger partial charge >= 0.3 is 6.03 Å². The second-order valence-electron chi connectivity index (χ2n) is 6.27. The molecule has 3 amide bonds. The number of anilines is 3. The fraction of sp³-hybridized carbons (Fsp3) is 0.130. The molecule has 0 fully saturated rings. The molecule has 0 aliphatic heterocycles. The molecular formula is C23H23N3O3. The molecule has 0 aliphatic rings. The van der Waals surface area contributed by atoms with E-state index in [-0.39, 0.29) is 11.9 Å². The maximum Gasteiger partial charge on any atom is 0.323 e. The Labute approximate surface area is 169 Å². The predicted molar refractivity (Wildman–Crippen MR) is 115 cm³/mol. The van der Waals surface area contributed by atoms with E-state index in [1.54, 1.807) is 36.4 Å². The predicted octanol–water partition coefficient (Wildman–Crippen LogP) is 5.12. The molecule has 0 saturated heterocycles. The van der Waals surface area contributed by atoms with Gasteiger partial charge in [-0.05, 0) is 49.4 Å². The van der Waals surface area contributed by atoms with E-state index in [9.17, 15) is 9.59 Å². The lowest BCUT2D eigenvalue weighted by molar-refractivity contribution is 0.102. The summed E-state index contributed by atoms with van der Waals surface area (Å²) >= 11 is 0. The number of carbonyl (C=O) groups excluding carboxylic acids is 2. The van der Waals surface area contributed by atoms with Crippen LogP contribution in [0, 0.1) is 0 Å². The Kier molecular flexibility index (Phi) is 6.97. The summed E-state index contributed by atoms with van der Waals surface area (Å²) in [4.78, 5) is 24.6. The van der Waals surface area contributed by atoms with Gasteiger partial charge in [0.1, 0.15) is 0 Å². The molecule has 3 rings (SSSR count). The standard InChI is InChI=1S/C23H23N3O3/c1-2-29-16-18-8-6-7-11-21(18)26-22(27)17-12-14-20(15-13-17)25-23(28)24-19-9-4-3-5-10-19/h3-15H,2,16H2,1H3,(H,26,27)(H2,24,25,28). The van der Waals surface area contributed by atoms with Crippen LogP contribution in [0.3, 0.4) is 0 Å². The maximum absolute atomic E-state index is 12.6. The first-order valence-corrected chi connectivity index (χ1v) is 9.36. The summed E-state index contributed by atoms with van der Waals surface area (Å²) in [5.41, 5.74) is 3.41. The van der Waals surface area contributed by atoms with Gasteiger partial charge in [0.25, 0.3) is 5.91 Å². The number of para-hydroxylation sites is 2. The highest BCUT2D eigenvalue weighted by Gasteiger charge is 2.10. The highest BCUT2D eigenvalue weighted by atomic mass is 16.5. The molecule has 6 nitrogen and oxygen atoms in total. The molecule has 0 saturated carbocycles. The van der Waals surface area contributed by atoms with Gasteiger partial charge in [-0.2, -0.15) is 0 Å². The molecular weight excluding hydrogens is 366 g/mol. The van der Waals surface area contributed by atoms with Gasteiger partial charge in [0, 0.05) is 34.8 Å². The van der Waals surface area contributed by atoms with E-state index < -0.39 is 0 Å². The molecule has 0 spiro atoms. The molecule has 0 aliphatic carbocycles. The molecule has 3 N–H and O–H groups in total. The van der Waals surface area contributed by atoms with E-state index in [2.05, 4.69) is 16.0 Å². The van der Waals surface area contributed by atoms with Crippen LogP contribution in [0.15, 0.2) is 78.9 Å². The van der Waals surface area contributed by atoms with Gasteiger partial charge in [-0.3, -0.25) is 4.79 Å². The fourth-order valence-corrected chi connectivity index (χ4v) is 2.69. The first-order valence-electron chi connectivity index (χ1n) is 9.36. The van der Waals surface area contributed by atoms with Crippen LogP contribution in [-0.2, 0) is 11.3 Å². The number of nitrogens with one attached hydrogen (secondary N) is 3. The average molecular weight is 389 g/mol. The smallest absolute Gasteiger partial charge is 0.323 e. The topological polar surface area (TPSA) is 79.5 Å². The quantitative estimate of drug-likeness (QED) is 0.525. The normalized spacial score (nSPS) is 10.2. The number of urea groups is 1. The fourth-order valence-electron chi connectivity index (χ4n) is 2.69. The molecule has 3 aromatic rings. The van der Waals surface area contributed by atoms with E-state index in [4.69, 9.17) is 4.74 Å². The number of carbonyl (C=O) groups is 2. The molecule has 3 aromatic carbocycles. The summed E-state index contributed by atoms with van der Waals surface area (Å²) in [5, 5.41) is 8.39. The lowest BCUT2D eigenvalue weighted by Gasteiger charge is -2.12. The van der Waals surface area contributed by atoms with Crippen LogP contribution < -0.4 is 16.0 Å². The summed E-state index contributed by atoms with van der Waals surface area (Å²) in [5.74, 6) is -0.228. The van der Waals surface area contributed by atoms with Gasteiger partial charge in [0.2, 0.25) is 0 Å². The Bertz CT molecular complexity index is 957. The second-order valence-corrected chi connectivity index (χ2v) is 6.27. The summed E-state index contributed by atoms with van der Waals surface area (Å²) < 4.78 is 5.45. The number of benzene rings is 3. The largest absolute Gasteiger partial charge is 0.377 e. The zero-order valence-electron chi connectivity index (χ0n) is 16.1. The van der Waals surface area contributed by atoms with Gasteiger partial charge < -0.3 is 20.7 Å². The highest BCUT2D eigenvalue weighted by Crippen LogP contribution is 2.18. The van der Waals surface area contributed by atoms with E-state index >= 15 is 0 Å². The van der Waals surface area contributed by atoms with Crippen LogP contribution in [0.4, 0.5) is 21.9 Å². The monoisotopic (exact) mass is 389 g/mol. The number of hydrogen-bond donors (Lipinski definition) is 3. The molecule has 6 heteroatoms. The van der Waals surface area contributed by atoms with Crippen molar-refractivity contribution in [2.45, 2.75) is 13.5 Å². The van der Waals surface area contributed by atoms with Crippen LogP contribution >= 0.6 is 0 Å². The average Bonchev–Trinajstić information content (AvgIpc) is 2.74. The van der Waals surface area contributed by atoms with E-state index in [0.29, 0.717) is 30.2 Å². The van der Waals surface area contributed by atoms with Gasteiger partial charge in [-0.1, -0.05) is 36.4 Å². The van der Waals surface area contributed by atoms with Gasteiger partial charge in [0.05, 0.1) is 6.61 Å². The molecule has 0 aromatic heterocycles. The van der Waals surface area contributed by atoms with Crippen molar-refractivity contribution in [3.05, 3.63) is 90.0 Å². The summed E-state index contributed by atoms with van der Waals surface area (Å²) in [6.07, 6.45) is 0. The first kappa shape index (κ1) is 20.1. The number of rotatable bonds is 7. The minimum Gasteiger partial charge on any atom is -0.377 e. The Morgan fingerprint density at radius 3 is 2.07 bits per heavy atom. The van der Waals surface area contributed by atoms with Crippen molar-refractivity contribution in [2.24, 2.45) is 0 Å². The second kappa shape index (κ2) is 10.1. The van der Waals surface area contributed by atoms with E-state index in [1.807, 2.05) is 49.4 Å². The summed E-state index contributed by atoms with van der Waals surface area (Å²) in [6.45, 7) is 2.97. The van der Waals surface area contributed by atoms with Crippen LogP contribution in [-0.4, -0.2) is 18.5 Å². The number of amides is 3. The lowest BCUT2D eigenvalue weighted by atomic mass is 10.1. The summed E-state index contributed by atoms with van der Waals surface area (Å²) in [7, 11) is 0. The molecule has 0 radical (unpaired) electrons. The van der Waals surface area contributed by atoms with E-state index in [0.717, 1.165) is 11.3 Å². The third kappa shape index (κ3) is 5.92. The third-order valence-electron chi connectivity index (χ3n) is 4.16. The Morgan fingerprint density at radius 2 is 1.38 bits per heavy atom. The molecule has 148 valence electrons. The van der Waals surface area contributed by atoms with Crippen molar-refractivity contribution in [1.82, 2.24) is 0 Å². The Hall–Kier alpha value is -3.64. The maximum atomic E-state index is 12.6. The van der Waals surface area contributed by atoms with Crippen molar-refractivity contribution in [2.75, 3.05) is 22.6 Å². The number of hydrogen-bond acceptors (Lipinski definition) is 3. The Morgan fingerprint density at radius 1 is 0.759 bits per heavy atom. The van der Waals surface area contributed by atoms with Crippen LogP contribution in [0.2, 0.25) is 0 Å². The summed E-state index contributed by atoms with van der Waals surface area (Å²) in [6, 6.07) is 23.1. The van der Waals surface area contributed by atoms with Crippen molar-refractivity contribution in [3.8, 4) is 0 Å². The molecule has 0 bridgehead atoms. The minimum absolute atomic E-state index is 0.228. The highest BCUT2D eigenvalue weighted by molar-refractivity contribution is 6.05. The zero-order valence-corrected chi connectivity index (χ0v) is 16.1. The molecule has 29 heavy (non-hydrogen) atoms. The van der Waals surface area contributed by atoms with Crippen molar-refractivity contribution < 1.29 is 14.3 Å². The minimum atomic E-state index is -0.349. The molecule has 0 heterocycles. The van der Waals surface area contributed by atoms with Crippen molar-refractivity contribution in [3.63, 3.8) is 0 Å².